The molecule has 0 saturated heterocycles. The van der Waals surface area contributed by atoms with Gasteiger partial charge in [0.2, 0.25) is 5.88 Å². The average Bonchev–Trinajstić information content (AvgIpc) is 2.38. The van der Waals surface area contributed by atoms with Gasteiger partial charge in [0.15, 0.2) is 0 Å². The number of ether oxygens (including phenoxy) is 1. The Labute approximate surface area is 117 Å². The summed E-state index contributed by atoms with van der Waals surface area (Å²) in [5, 5.41) is 3.39. The van der Waals surface area contributed by atoms with E-state index in [2.05, 4.69) is 29.1 Å². The second-order valence-electron chi connectivity index (χ2n) is 5.21. The molecular formula is C15H27N3O. The van der Waals surface area contributed by atoms with Crippen LogP contribution in [0.3, 0.4) is 0 Å². The van der Waals surface area contributed by atoms with Crippen LogP contribution in [0, 0.1) is 5.92 Å². The Bertz CT molecular complexity index is 355. The van der Waals surface area contributed by atoms with Crippen LogP contribution < -0.4 is 10.1 Å². The number of anilines is 1. The molecule has 1 rings (SSSR count). The number of nitrogens with zero attached hydrogens (tertiary/aromatic N) is 2. The zero-order chi connectivity index (χ0) is 14.1. The van der Waals surface area contributed by atoms with Gasteiger partial charge in [-0.3, -0.25) is 0 Å². The van der Waals surface area contributed by atoms with Gasteiger partial charge >= 0.3 is 0 Å². The second kappa shape index (κ2) is 8.73. The Hall–Kier alpha value is -1.32. The van der Waals surface area contributed by atoms with E-state index >= 15 is 0 Å². The fourth-order valence-electron chi connectivity index (χ4n) is 1.93. The predicted molar refractivity (Wildman–Crippen MR) is 79.6 cm³/mol. The molecule has 0 aliphatic carbocycles. The fraction of sp³-hybridized carbons (Fsp3) is 0.733. The summed E-state index contributed by atoms with van der Waals surface area (Å²) in [5.74, 6) is 2.19. The molecule has 1 heterocycles. The molecule has 0 aliphatic rings. The van der Waals surface area contributed by atoms with E-state index in [1.54, 1.807) is 6.33 Å². The highest BCUT2D eigenvalue weighted by Gasteiger charge is 2.07. The third-order valence-corrected chi connectivity index (χ3v) is 3.11. The second-order valence-corrected chi connectivity index (χ2v) is 5.21. The number of aromatic nitrogens is 2. The monoisotopic (exact) mass is 265 g/mol. The highest BCUT2D eigenvalue weighted by Crippen LogP contribution is 2.16. The number of rotatable bonds is 9. The van der Waals surface area contributed by atoms with Crippen molar-refractivity contribution in [2.24, 2.45) is 5.92 Å². The first kappa shape index (κ1) is 15.7. The van der Waals surface area contributed by atoms with E-state index in [-0.39, 0.29) is 6.10 Å². The first-order chi connectivity index (χ1) is 9.15. The quantitative estimate of drug-likeness (QED) is 0.735. The van der Waals surface area contributed by atoms with Crippen molar-refractivity contribution in [2.45, 2.75) is 59.5 Å². The van der Waals surface area contributed by atoms with Crippen molar-refractivity contribution >= 4 is 5.82 Å². The van der Waals surface area contributed by atoms with Crippen LogP contribution in [-0.2, 0) is 0 Å². The normalized spacial score (nSPS) is 12.5. The molecule has 108 valence electrons. The summed E-state index contributed by atoms with van der Waals surface area (Å²) >= 11 is 0. The molecule has 0 fully saturated rings. The van der Waals surface area contributed by atoms with Crippen molar-refractivity contribution in [1.29, 1.82) is 0 Å². The van der Waals surface area contributed by atoms with Gasteiger partial charge in [0.25, 0.3) is 0 Å². The third-order valence-electron chi connectivity index (χ3n) is 3.11. The number of hydrogen-bond acceptors (Lipinski definition) is 4. The largest absolute Gasteiger partial charge is 0.475 e. The molecule has 1 aromatic rings. The van der Waals surface area contributed by atoms with Gasteiger partial charge in [-0.05, 0) is 26.2 Å². The molecule has 0 aliphatic heterocycles. The minimum Gasteiger partial charge on any atom is -0.475 e. The zero-order valence-electron chi connectivity index (χ0n) is 12.6. The molecule has 1 N–H and O–H groups in total. The van der Waals surface area contributed by atoms with E-state index < -0.39 is 0 Å². The van der Waals surface area contributed by atoms with E-state index in [4.69, 9.17) is 4.74 Å². The smallest absolute Gasteiger partial charge is 0.218 e. The summed E-state index contributed by atoms with van der Waals surface area (Å²) in [7, 11) is 0. The summed E-state index contributed by atoms with van der Waals surface area (Å²) in [6.07, 6.45) is 6.72. The van der Waals surface area contributed by atoms with Crippen LogP contribution in [0.2, 0.25) is 0 Å². The summed E-state index contributed by atoms with van der Waals surface area (Å²) in [5.41, 5.74) is 0. The van der Waals surface area contributed by atoms with Crippen LogP contribution in [0.1, 0.15) is 53.4 Å². The third kappa shape index (κ3) is 6.41. The van der Waals surface area contributed by atoms with Gasteiger partial charge in [0.05, 0.1) is 6.10 Å². The van der Waals surface area contributed by atoms with Crippen molar-refractivity contribution in [3.8, 4) is 5.88 Å². The molecule has 1 unspecified atom stereocenters. The van der Waals surface area contributed by atoms with Gasteiger partial charge in [0, 0.05) is 12.6 Å². The molecule has 0 aromatic carbocycles. The van der Waals surface area contributed by atoms with Crippen molar-refractivity contribution in [1.82, 2.24) is 9.97 Å². The summed E-state index contributed by atoms with van der Waals surface area (Å²) in [6, 6.07) is 1.87. The molecule has 1 aromatic heterocycles. The van der Waals surface area contributed by atoms with E-state index in [1.807, 2.05) is 19.9 Å². The average molecular weight is 265 g/mol. The molecule has 0 saturated carbocycles. The molecule has 4 heteroatoms. The van der Waals surface area contributed by atoms with Gasteiger partial charge in [-0.1, -0.05) is 33.1 Å². The van der Waals surface area contributed by atoms with Crippen LogP contribution in [-0.4, -0.2) is 22.6 Å². The Morgan fingerprint density at radius 3 is 2.68 bits per heavy atom. The fourth-order valence-corrected chi connectivity index (χ4v) is 1.93. The molecule has 4 nitrogen and oxygen atoms in total. The molecule has 19 heavy (non-hydrogen) atoms. The van der Waals surface area contributed by atoms with E-state index in [1.165, 1.54) is 25.7 Å². The standard InChI is InChI=1S/C15H27N3O/c1-5-7-8-13(6-2)10-16-14-9-15(18-11-17-14)19-12(3)4/h9,11-13H,5-8,10H2,1-4H3,(H,16,17,18). The van der Waals surface area contributed by atoms with E-state index in [9.17, 15) is 0 Å². The van der Waals surface area contributed by atoms with Crippen molar-refractivity contribution in [3.63, 3.8) is 0 Å². The van der Waals surface area contributed by atoms with Crippen molar-refractivity contribution < 1.29 is 4.74 Å². The SMILES string of the molecule is CCCCC(CC)CNc1cc(OC(C)C)ncn1. The molecule has 0 amide bonds. The lowest BCUT2D eigenvalue weighted by Gasteiger charge is -2.16. The molecule has 0 spiro atoms. The highest BCUT2D eigenvalue weighted by atomic mass is 16.5. The maximum Gasteiger partial charge on any atom is 0.218 e. The Morgan fingerprint density at radius 2 is 2.05 bits per heavy atom. The summed E-state index contributed by atoms with van der Waals surface area (Å²) in [6.45, 7) is 9.43. The topological polar surface area (TPSA) is 47.0 Å². The van der Waals surface area contributed by atoms with E-state index in [0.29, 0.717) is 11.8 Å². The van der Waals surface area contributed by atoms with Crippen molar-refractivity contribution in [2.75, 3.05) is 11.9 Å². The van der Waals surface area contributed by atoms with Gasteiger partial charge in [-0.2, -0.15) is 0 Å². The van der Waals surface area contributed by atoms with Crippen LogP contribution in [0.4, 0.5) is 5.82 Å². The van der Waals surface area contributed by atoms with E-state index in [0.717, 1.165) is 12.4 Å². The Kier molecular flexibility index (Phi) is 7.23. The number of hydrogen-bond donors (Lipinski definition) is 1. The Morgan fingerprint density at radius 1 is 1.26 bits per heavy atom. The van der Waals surface area contributed by atoms with Crippen LogP contribution in [0.15, 0.2) is 12.4 Å². The lowest BCUT2D eigenvalue weighted by molar-refractivity contribution is 0.232. The summed E-state index contributed by atoms with van der Waals surface area (Å²) in [4.78, 5) is 8.33. The maximum absolute atomic E-state index is 5.56. The first-order valence-corrected chi connectivity index (χ1v) is 7.38. The number of unbranched alkanes of at least 4 members (excludes halogenated alkanes) is 1. The Balaban J connectivity index is 2.47. The minimum atomic E-state index is 0.135. The lowest BCUT2D eigenvalue weighted by atomic mass is 9.99. The number of nitrogens with one attached hydrogen (secondary N) is 1. The zero-order valence-corrected chi connectivity index (χ0v) is 12.6. The lowest BCUT2D eigenvalue weighted by Crippen LogP contribution is -2.15. The van der Waals surface area contributed by atoms with Crippen LogP contribution >= 0.6 is 0 Å². The molecule has 0 bridgehead atoms. The maximum atomic E-state index is 5.56. The van der Waals surface area contributed by atoms with Crippen LogP contribution in [0.25, 0.3) is 0 Å². The summed E-state index contributed by atoms with van der Waals surface area (Å²) < 4.78 is 5.56. The minimum absolute atomic E-state index is 0.135. The molecule has 1 atom stereocenters. The van der Waals surface area contributed by atoms with Crippen LogP contribution in [0.5, 0.6) is 5.88 Å². The first-order valence-electron chi connectivity index (χ1n) is 7.38. The van der Waals surface area contributed by atoms with Crippen molar-refractivity contribution in [3.05, 3.63) is 12.4 Å². The molecule has 0 radical (unpaired) electrons. The van der Waals surface area contributed by atoms with Gasteiger partial charge in [-0.15, -0.1) is 0 Å². The van der Waals surface area contributed by atoms with Gasteiger partial charge in [0.1, 0.15) is 12.1 Å². The highest BCUT2D eigenvalue weighted by molar-refractivity contribution is 5.37. The predicted octanol–water partition coefficient (Wildman–Crippen LogP) is 3.89. The van der Waals surface area contributed by atoms with Gasteiger partial charge in [-0.25, -0.2) is 9.97 Å². The molecular weight excluding hydrogens is 238 g/mol. The van der Waals surface area contributed by atoms with Gasteiger partial charge < -0.3 is 10.1 Å².